The molecule has 0 bridgehead atoms. The van der Waals surface area contributed by atoms with E-state index >= 15 is 0 Å². The fourth-order valence-electron chi connectivity index (χ4n) is 3.72. The average molecular weight is 474 g/mol. The summed E-state index contributed by atoms with van der Waals surface area (Å²) in [5.74, 6) is -2.37. The van der Waals surface area contributed by atoms with Crippen LogP contribution < -0.4 is 22.5 Å². The molecule has 2 aliphatic heterocycles. The molecule has 0 amide bonds. The molecule has 2 aromatic rings. The Morgan fingerprint density at radius 2 is 1.24 bits per heavy atom. The van der Waals surface area contributed by atoms with E-state index in [1.807, 2.05) is 0 Å². The Kier molecular flexibility index (Phi) is 6.40. The van der Waals surface area contributed by atoms with Crippen LogP contribution in [0.2, 0.25) is 0 Å². The van der Waals surface area contributed by atoms with Gasteiger partial charge < -0.3 is 24.4 Å². The van der Waals surface area contributed by atoms with Gasteiger partial charge in [-0.05, 0) is 0 Å². The molecule has 0 aliphatic carbocycles. The highest BCUT2D eigenvalue weighted by Gasteiger charge is 2.38. The van der Waals surface area contributed by atoms with E-state index in [-0.39, 0.29) is 26.1 Å². The SMILES string of the molecule is O=c1[nH]c(=O)n([C@H]2C[C@H](O)[C@@H](COC[C@H]3O[C@@H](n4cc(F)c(=O)[nH]c4=O)C[C@@H]3O)O2)cc1F. The first-order chi connectivity index (χ1) is 15.6. The highest BCUT2D eigenvalue weighted by atomic mass is 19.1. The molecule has 4 heterocycles. The molecular weight excluding hydrogens is 454 g/mol. The molecule has 15 heteroatoms. The summed E-state index contributed by atoms with van der Waals surface area (Å²) < 4.78 is 45.1. The number of aliphatic hydroxyl groups excluding tert-OH is 2. The number of aromatic amines is 2. The van der Waals surface area contributed by atoms with Crippen molar-refractivity contribution in [1.29, 1.82) is 0 Å². The largest absolute Gasteiger partial charge is 0.390 e. The summed E-state index contributed by atoms with van der Waals surface area (Å²) in [6.07, 6.45) is -4.76. The lowest BCUT2D eigenvalue weighted by atomic mass is 10.2. The molecule has 0 saturated carbocycles. The molecule has 2 saturated heterocycles. The van der Waals surface area contributed by atoms with Gasteiger partial charge in [0.2, 0.25) is 11.6 Å². The number of ether oxygens (including phenoxy) is 3. The number of aromatic nitrogens is 4. The van der Waals surface area contributed by atoms with E-state index in [4.69, 9.17) is 14.2 Å². The van der Waals surface area contributed by atoms with E-state index in [2.05, 4.69) is 0 Å². The third-order valence-electron chi connectivity index (χ3n) is 5.44. The van der Waals surface area contributed by atoms with Crippen molar-refractivity contribution in [2.45, 2.75) is 49.7 Å². The Morgan fingerprint density at radius 1 is 0.848 bits per heavy atom. The molecule has 0 radical (unpaired) electrons. The number of hydrogen-bond acceptors (Lipinski definition) is 9. The zero-order valence-electron chi connectivity index (χ0n) is 16.8. The maximum Gasteiger partial charge on any atom is 0.330 e. The Morgan fingerprint density at radius 3 is 1.64 bits per heavy atom. The summed E-state index contributed by atoms with van der Waals surface area (Å²) in [6.45, 7) is -0.356. The smallest absolute Gasteiger partial charge is 0.330 e. The summed E-state index contributed by atoms with van der Waals surface area (Å²) >= 11 is 0. The Labute approximate surface area is 181 Å². The summed E-state index contributed by atoms with van der Waals surface area (Å²) in [4.78, 5) is 49.6. The monoisotopic (exact) mass is 474 g/mol. The van der Waals surface area contributed by atoms with Crippen LogP contribution in [0.3, 0.4) is 0 Å². The van der Waals surface area contributed by atoms with Crippen molar-refractivity contribution >= 4 is 0 Å². The normalized spacial score (nSPS) is 29.6. The lowest BCUT2D eigenvalue weighted by Crippen LogP contribution is -2.34. The van der Waals surface area contributed by atoms with Gasteiger partial charge in [0.1, 0.15) is 24.7 Å². The second kappa shape index (κ2) is 9.11. The van der Waals surface area contributed by atoms with Gasteiger partial charge in [-0.15, -0.1) is 0 Å². The Balaban J connectivity index is 1.33. The standard InChI is InChI=1S/C18H20F2N4O9/c19-7-3-23(17(29)21-15(7)27)13-1-9(25)11(32-13)5-31-6-12-10(26)2-14(33-12)24-4-8(20)16(28)22-18(24)30/h3-4,9-14,25-26H,1-2,5-6H2,(H,21,27,29)(H,22,28,30)/t9-,10-,11+,12+,13+,14+/m0/s1. The third-order valence-corrected chi connectivity index (χ3v) is 5.44. The second-order valence-corrected chi connectivity index (χ2v) is 7.69. The van der Waals surface area contributed by atoms with Crippen molar-refractivity contribution in [2.24, 2.45) is 0 Å². The average Bonchev–Trinajstić information content (AvgIpc) is 3.30. The van der Waals surface area contributed by atoms with E-state index in [9.17, 15) is 38.2 Å². The molecule has 0 unspecified atom stereocenters. The van der Waals surface area contributed by atoms with Crippen molar-refractivity contribution in [3.8, 4) is 0 Å². The summed E-state index contributed by atoms with van der Waals surface area (Å²) in [5, 5.41) is 20.4. The van der Waals surface area contributed by atoms with Crippen molar-refractivity contribution < 1.29 is 33.2 Å². The zero-order valence-corrected chi connectivity index (χ0v) is 16.8. The van der Waals surface area contributed by atoms with Crippen LogP contribution in [0.1, 0.15) is 25.3 Å². The zero-order chi connectivity index (χ0) is 23.9. The third kappa shape index (κ3) is 4.72. The molecule has 6 atom stereocenters. The number of hydrogen-bond donors (Lipinski definition) is 4. The second-order valence-electron chi connectivity index (χ2n) is 7.69. The molecule has 0 aromatic carbocycles. The van der Waals surface area contributed by atoms with Gasteiger partial charge >= 0.3 is 11.4 Å². The summed E-state index contributed by atoms with van der Waals surface area (Å²) in [7, 11) is 0. The van der Waals surface area contributed by atoms with Gasteiger partial charge in [0.25, 0.3) is 11.1 Å². The minimum absolute atomic E-state index is 0.0647. The molecule has 4 N–H and O–H groups in total. The number of nitrogens with one attached hydrogen (secondary N) is 2. The first-order valence-electron chi connectivity index (χ1n) is 9.90. The van der Waals surface area contributed by atoms with Gasteiger partial charge in [-0.3, -0.25) is 28.7 Å². The maximum atomic E-state index is 13.5. The Bertz CT molecular complexity index is 1160. The van der Waals surface area contributed by atoms with E-state index in [0.29, 0.717) is 12.4 Å². The van der Waals surface area contributed by atoms with Gasteiger partial charge in [-0.1, -0.05) is 0 Å². The quantitative estimate of drug-likeness (QED) is 0.358. The summed E-state index contributed by atoms with van der Waals surface area (Å²) in [6, 6.07) is 0. The van der Waals surface area contributed by atoms with Gasteiger partial charge in [0.15, 0.2) is 0 Å². The van der Waals surface area contributed by atoms with Crippen LogP contribution in [0.4, 0.5) is 8.78 Å². The minimum atomic E-state index is -1.18. The van der Waals surface area contributed by atoms with Crippen molar-refractivity contribution in [3.63, 3.8) is 0 Å². The van der Waals surface area contributed by atoms with Crippen molar-refractivity contribution in [1.82, 2.24) is 19.1 Å². The molecule has 2 aliphatic rings. The molecule has 4 rings (SSSR count). The first-order valence-corrected chi connectivity index (χ1v) is 9.90. The first kappa shape index (κ1) is 23.2. The van der Waals surface area contributed by atoms with Crippen LogP contribution in [0.25, 0.3) is 0 Å². The number of rotatable bonds is 6. The molecule has 2 aromatic heterocycles. The van der Waals surface area contributed by atoms with Crippen LogP contribution in [-0.2, 0) is 14.2 Å². The van der Waals surface area contributed by atoms with Crippen molar-refractivity contribution in [2.75, 3.05) is 13.2 Å². The molecule has 0 spiro atoms. The maximum absolute atomic E-state index is 13.5. The highest BCUT2D eigenvalue weighted by molar-refractivity contribution is 4.92. The van der Waals surface area contributed by atoms with Crippen LogP contribution >= 0.6 is 0 Å². The molecule has 2 fully saturated rings. The van der Waals surface area contributed by atoms with Crippen molar-refractivity contribution in [3.05, 3.63) is 65.7 Å². The van der Waals surface area contributed by atoms with Gasteiger partial charge in [-0.25, -0.2) is 9.59 Å². The lowest BCUT2D eigenvalue weighted by Gasteiger charge is -2.19. The fourth-order valence-corrected chi connectivity index (χ4v) is 3.72. The number of halogens is 2. The minimum Gasteiger partial charge on any atom is -0.390 e. The van der Waals surface area contributed by atoms with Gasteiger partial charge in [0, 0.05) is 12.8 Å². The molecule has 180 valence electrons. The van der Waals surface area contributed by atoms with Crippen LogP contribution in [0, 0.1) is 11.6 Å². The predicted molar refractivity (Wildman–Crippen MR) is 102 cm³/mol. The van der Waals surface area contributed by atoms with Crippen LogP contribution in [0.5, 0.6) is 0 Å². The topological polar surface area (TPSA) is 178 Å². The summed E-state index contributed by atoms with van der Waals surface area (Å²) in [5.41, 5.74) is -4.14. The van der Waals surface area contributed by atoms with E-state index in [0.717, 1.165) is 9.13 Å². The number of nitrogens with zero attached hydrogens (tertiary/aromatic N) is 2. The van der Waals surface area contributed by atoms with Gasteiger partial charge in [0.05, 0.1) is 37.8 Å². The Hall–Kier alpha value is -2.98. The fraction of sp³-hybridized carbons (Fsp3) is 0.556. The van der Waals surface area contributed by atoms with Crippen LogP contribution in [0.15, 0.2) is 31.6 Å². The van der Waals surface area contributed by atoms with E-state index in [1.54, 1.807) is 9.97 Å². The highest BCUT2D eigenvalue weighted by Crippen LogP contribution is 2.30. The molecular formula is C18H20F2N4O9. The number of aliphatic hydroxyl groups is 2. The molecule has 33 heavy (non-hydrogen) atoms. The molecule has 13 nitrogen and oxygen atoms in total. The van der Waals surface area contributed by atoms with E-state index < -0.39 is 71.0 Å². The lowest BCUT2D eigenvalue weighted by molar-refractivity contribution is -0.0987. The van der Waals surface area contributed by atoms with Crippen LogP contribution in [-0.4, -0.2) is 66.9 Å². The van der Waals surface area contributed by atoms with Gasteiger partial charge in [-0.2, -0.15) is 8.78 Å². The van der Waals surface area contributed by atoms with E-state index in [1.165, 1.54) is 0 Å². The number of H-pyrrole nitrogens is 2. The predicted octanol–water partition coefficient (Wildman–Crippen LogP) is -2.32.